The number of hydrazine groups is 1. The summed E-state index contributed by atoms with van der Waals surface area (Å²) in [5.41, 5.74) is 2.70. The summed E-state index contributed by atoms with van der Waals surface area (Å²) in [6.45, 7) is 1.06. The molecule has 35 heavy (non-hydrogen) atoms. The lowest BCUT2D eigenvalue weighted by Crippen LogP contribution is -2.46. The highest BCUT2D eigenvalue weighted by molar-refractivity contribution is 7.80. The number of carbonyl (C=O) groups is 2. The Morgan fingerprint density at radius 1 is 1.31 bits per heavy atom. The van der Waals surface area contributed by atoms with E-state index < -0.39 is 29.9 Å². The summed E-state index contributed by atoms with van der Waals surface area (Å²) < 4.78 is 44.9. The first-order valence-corrected chi connectivity index (χ1v) is 11.0. The summed E-state index contributed by atoms with van der Waals surface area (Å²) in [7, 11) is 1.40. The zero-order chi connectivity index (χ0) is 24.9. The van der Waals surface area contributed by atoms with Crippen molar-refractivity contribution in [2.75, 3.05) is 61.5 Å². The Bertz CT molecular complexity index is 1070. The minimum atomic E-state index is -0.838. The number of thiocarbonyl (C=S) groups is 1. The van der Waals surface area contributed by atoms with Crippen LogP contribution in [0.3, 0.4) is 0 Å². The van der Waals surface area contributed by atoms with E-state index in [4.69, 9.17) is 21.7 Å². The van der Waals surface area contributed by atoms with Crippen molar-refractivity contribution in [3.63, 3.8) is 0 Å². The van der Waals surface area contributed by atoms with Crippen LogP contribution >= 0.6 is 12.2 Å². The van der Waals surface area contributed by atoms with Gasteiger partial charge >= 0.3 is 12.1 Å². The molecule has 0 aliphatic carbocycles. The summed E-state index contributed by atoms with van der Waals surface area (Å²) in [6.07, 6.45) is 0.0183. The first-order valence-electron chi connectivity index (χ1n) is 10.6. The summed E-state index contributed by atoms with van der Waals surface area (Å²) in [5.74, 6) is -1.43. The molecule has 0 bridgehead atoms. The van der Waals surface area contributed by atoms with Crippen molar-refractivity contribution in [2.45, 2.75) is 6.10 Å². The molecule has 0 spiro atoms. The minimum absolute atomic E-state index is 0.0344. The Morgan fingerprint density at radius 2 is 2.09 bits per heavy atom. The van der Waals surface area contributed by atoms with E-state index in [2.05, 4.69) is 25.7 Å². The number of hydrogen-bond donors (Lipinski definition) is 3. The zero-order valence-electron chi connectivity index (χ0n) is 18.6. The lowest BCUT2D eigenvalue weighted by atomic mass is 10.2. The van der Waals surface area contributed by atoms with Crippen LogP contribution in [0.25, 0.3) is 0 Å². The van der Waals surface area contributed by atoms with Gasteiger partial charge in [-0.3, -0.25) is 15.2 Å². The van der Waals surface area contributed by atoms with Crippen LogP contribution in [0, 0.1) is 11.6 Å². The Morgan fingerprint density at radius 3 is 2.77 bits per heavy atom. The smallest absolute Gasteiger partial charge is 0.414 e. The highest BCUT2D eigenvalue weighted by Crippen LogP contribution is 2.31. The topological polar surface area (TPSA) is 124 Å². The fraction of sp³-hybridized carbons (Fsp3) is 0.400. The van der Waals surface area contributed by atoms with Crippen LogP contribution in [0.5, 0.6) is 0 Å². The maximum Gasteiger partial charge on any atom is 0.414 e. The van der Waals surface area contributed by atoms with Crippen molar-refractivity contribution in [3.05, 3.63) is 36.1 Å². The number of nitrogens with one attached hydrogen (secondary N) is 3. The number of aromatic nitrogens is 1. The lowest BCUT2D eigenvalue weighted by molar-refractivity contribution is 0.142. The van der Waals surface area contributed by atoms with E-state index in [0.29, 0.717) is 0 Å². The largest absolute Gasteiger partial charge is 0.474 e. The molecule has 2 aromatic rings. The molecule has 12 nitrogen and oxygen atoms in total. The van der Waals surface area contributed by atoms with Crippen LogP contribution < -0.4 is 25.9 Å². The Labute approximate surface area is 204 Å². The molecule has 2 saturated heterocycles. The molecular formula is C20H23F2N7O5S. The molecule has 3 N–H and O–H groups in total. The van der Waals surface area contributed by atoms with Gasteiger partial charge in [0.2, 0.25) is 0 Å². The van der Waals surface area contributed by atoms with Crippen molar-refractivity contribution in [2.24, 2.45) is 0 Å². The van der Waals surface area contributed by atoms with E-state index in [9.17, 15) is 9.59 Å². The Hall–Kier alpha value is -3.72. The molecule has 2 aliphatic rings. The standard InChI is InChI=1S/C20H23F2N7O5S/c1-32-19(35)23-10-13-11-28(20(31)34-13)12-8-14(21)17(15(22)9-12)27-4-3-24-29(6-5-27)18(30)25-16-2-7-33-26-16/h2,7-9,13,24H,3-6,10-11H2,1H3,(H,23,35)(H,25,26,30)/t13-/m0/s1. The normalized spacial score (nSPS) is 18.2. The van der Waals surface area contributed by atoms with E-state index >= 15 is 8.78 Å². The molecule has 3 heterocycles. The number of anilines is 3. The molecule has 188 valence electrons. The number of rotatable bonds is 5. The van der Waals surface area contributed by atoms with Crippen molar-refractivity contribution in [1.82, 2.24) is 20.9 Å². The van der Waals surface area contributed by atoms with Crippen LogP contribution in [0.2, 0.25) is 0 Å². The average molecular weight is 512 g/mol. The molecule has 15 heteroatoms. The van der Waals surface area contributed by atoms with Gasteiger partial charge in [0, 0.05) is 37.8 Å². The monoisotopic (exact) mass is 511 g/mol. The third kappa shape index (κ3) is 5.68. The van der Waals surface area contributed by atoms with Gasteiger partial charge in [-0.1, -0.05) is 5.16 Å². The number of ether oxygens (including phenoxy) is 2. The fourth-order valence-corrected chi connectivity index (χ4v) is 3.78. The third-order valence-corrected chi connectivity index (χ3v) is 5.67. The number of cyclic esters (lactones) is 1. The van der Waals surface area contributed by atoms with Crippen LogP contribution in [-0.4, -0.2) is 79.9 Å². The van der Waals surface area contributed by atoms with Crippen LogP contribution in [-0.2, 0) is 9.47 Å². The van der Waals surface area contributed by atoms with E-state index in [1.54, 1.807) is 0 Å². The number of nitrogens with zero attached hydrogens (tertiary/aromatic N) is 4. The molecule has 2 aliphatic heterocycles. The van der Waals surface area contributed by atoms with E-state index in [0.717, 1.165) is 17.0 Å². The maximum absolute atomic E-state index is 15.1. The SMILES string of the molecule is COC(=S)NC[C@H]1CN(c2cc(F)c(N3CCNN(C(=O)Nc4ccon4)CC3)c(F)c2)C(=O)O1. The lowest BCUT2D eigenvalue weighted by Gasteiger charge is -2.25. The van der Waals surface area contributed by atoms with Gasteiger partial charge in [-0.15, -0.1) is 0 Å². The van der Waals surface area contributed by atoms with Gasteiger partial charge in [0.1, 0.15) is 18.1 Å². The predicted octanol–water partition coefficient (Wildman–Crippen LogP) is 1.66. The minimum Gasteiger partial charge on any atom is -0.474 e. The van der Waals surface area contributed by atoms with Crippen molar-refractivity contribution >= 4 is 46.7 Å². The van der Waals surface area contributed by atoms with Crippen molar-refractivity contribution in [3.8, 4) is 0 Å². The van der Waals surface area contributed by atoms with Crippen molar-refractivity contribution in [1.29, 1.82) is 0 Å². The van der Waals surface area contributed by atoms with Crippen LogP contribution in [0.1, 0.15) is 0 Å². The second-order valence-corrected chi connectivity index (χ2v) is 7.98. The molecular weight excluding hydrogens is 488 g/mol. The van der Waals surface area contributed by atoms with Gasteiger partial charge in [0.25, 0.3) is 5.17 Å². The number of benzene rings is 1. The summed E-state index contributed by atoms with van der Waals surface area (Å²) in [5, 5.41) is 10.4. The van der Waals surface area contributed by atoms with Crippen LogP contribution in [0.15, 0.2) is 29.0 Å². The third-order valence-electron chi connectivity index (χ3n) is 5.36. The molecule has 4 rings (SSSR count). The molecule has 0 unspecified atom stereocenters. The highest BCUT2D eigenvalue weighted by atomic mass is 32.1. The molecule has 1 aromatic carbocycles. The fourth-order valence-electron chi connectivity index (χ4n) is 3.70. The average Bonchev–Trinajstić information content (AvgIpc) is 3.40. The molecule has 2 fully saturated rings. The van der Waals surface area contributed by atoms with Crippen molar-refractivity contribution < 1.29 is 32.4 Å². The first kappa shape index (κ1) is 24.4. The zero-order valence-corrected chi connectivity index (χ0v) is 19.4. The Balaban J connectivity index is 1.41. The van der Waals surface area contributed by atoms with E-state index in [1.807, 2.05) is 0 Å². The second kappa shape index (κ2) is 10.7. The first-order chi connectivity index (χ1) is 16.9. The van der Waals surface area contributed by atoms with E-state index in [-0.39, 0.29) is 61.6 Å². The molecule has 1 atom stereocenters. The highest BCUT2D eigenvalue weighted by Gasteiger charge is 2.34. The molecule has 3 amide bonds. The number of carbonyl (C=O) groups excluding carboxylic acids is 2. The summed E-state index contributed by atoms with van der Waals surface area (Å²) in [4.78, 5) is 27.3. The summed E-state index contributed by atoms with van der Waals surface area (Å²) >= 11 is 4.88. The number of halogens is 2. The van der Waals surface area contributed by atoms with Crippen LogP contribution in [0.4, 0.5) is 35.6 Å². The van der Waals surface area contributed by atoms with Gasteiger partial charge in [-0.25, -0.2) is 23.8 Å². The number of amides is 3. The Kier molecular flexibility index (Phi) is 7.45. The van der Waals surface area contributed by atoms with Gasteiger partial charge in [0.15, 0.2) is 17.5 Å². The quantitative estimate of drug-likeness (QED) is 0.511. The number of hydrogen-bond acceptors (Lipinski definition) is 9. The predicted molar refractivity (Wildman–Crippen MR) is 124 cm³/mol. The maximum atomic E-state index is 15.1. The number of methoxy groups -OCH3 is 1. The number of urea groups is 1. The summed E-state index contributed by atoms with van der Waals surface area (Å²) in [6, 6.07) is 3.17. The van der Waals surface area contributed by atoms with Gasteiger partial charge in [0.05, 0.1) is 32.4 Å². The molecule has 0 radical (unpaired) electrons. The molecule has 0 saturated carbocycles. The van der Waals surface area contributed by atoms with Gasteiger partial charge < -0.3 is 24.2 Å². The van der Waals surface area contributed by atoms with Gasteiger partial charge in [-0.05, 0) is 12.2 Å². The molecule has 1 aromatic heterocycles. The second-order valence-electron chi connectivity index (χ2n) is 7.61. The van der Waals surface area contributed by atoms with E-state index in [1.165, 1.54) is 29.3 Å². The van der Waals surface area contributed by atoms with Gasteiger partial charge in [-0.2, -0.15) is 0 Å².